The number of carbonyl (C=O) groups is 1. The molecule has 1 amide bonds. The Morgan fingerprint density at radius 3 is 2.81 bits per heavy atom. The number of ether oxygens (including phenoxy) is 2. The van der Waals surface area contributed by atoms with Crippen LogP contribution in [0.3, 0.4) is 0 Å². The van der Waals surface area contributed by atoms with E-state index in [-0.39, 0.29) is 12.0 Å². The maximum absolute atomic E-state index is 12.1. The monoisotopic (exact) mass is 428 g/mol. The standard InChI is InChI=1S/C25H24N4O3/c1-4-17-7-6-16(3)20(12-17)29-25-19-13-22(28-24(30)5-2)23(14-21(19)26-15-27-25)32-18-8-10-31-11-9-18/h1,5-7,12-15,18H,2,8-11H2,3H3,(H,28,30)(H,26,27,29). The lowest BCUT2D eigenvalue weighted by molar-refractivity contribution is -0.111. The maximum Gasteiger partial charge on any atom is 0.247 e. The van der Waals surface area contributed by atoms with E-state index < -0.39 is 0 Å². The van der Waals surface area contributed by atoms with Crippen LogP contribution in [-0.4, -0.2) is 35.2 Å². The van der Waals surface area contributed by atoms with Crippen molar-refractivity contribution in [3.05, 3.63) is 60.4 Å². The number of carbonyl (C=O) groups excluding carboxylic acids is 1. The SMILES string of the molecule is C#Cc1ccc(C)c(Nc2ncnc3cc(OC4CCOCC4)c(NC(=O)C=C)cc23)c1. The third-order valence-corrected chi connectivity index (χ3v) is 5.30. The number of rotatable bonds is 6. The molecule has 0 spiro atoms. The number of hydrogen-bond acceptors (Lipinski definition) is 6. The summed E-state index contributed by atoms with van der Waals surface area (Å²) in [6.07, 6.45) is 9.84. The van der Waals surface area contributed by atoms with Gasteiger partial charge in [0, 0.05) is 35.5 Å². The van der Waals surface area contributed by atoms with Gasteiger partial charge in [-0.3, -0.25) is 4.79 Å². The number of amides is 1. The molecule has 0 bridgehead atoms. The summed E-state index contributed by atoms with van der Waals surface area (Å²) in [5.74, 6) is 3.46. The molecule has 1 aliphatic heterocycles. The van der Waals surface area contributed by atoms with Crippen molar-refractivity contribution in [1.29, 1.82) is 0 Å². The zero-order valence-electron chi connectivity index (χ0n) is 17.9. The van der Waals surface area contributed by atoms with E-state index in [2.05, 4.69) is 33.1 Å². The molecule has 1 aromatic heterocycles. The second kappa shape index (κ2) is 9.50. The minimum atomic E-state index is -0.329. The Morgan fingerprint density at radius 2 is 2.06 bits per heavy atom. The predicted octanol–water partition coefficient (Wildman–Crippen LogP) is 4.35. The van der Waals surface area contributed by atoms with Gasteiger partial charge in [0.2, 0.25) is 5.91 Å². The number of aryl methyl sites for hydroxylation is 1. The average molecular weight is 428 g/mol. The molecule has 4 rings (SSSR count). The summed E-state index contributed by atoms with van der Waals surface area (Å²) in [5, 5.41) is 6.92. The molecule has 1 fully saturated rings. The van der Waals surface area contributed by atoms with Crippen molar-refractivity contribution in [2.24, 2.45) is 0 Å². The van der Waals surface area contributed by atoms with Crippen molar-refractivity contribution in [2.75, 3.05) is 23.8 Å². The molecule has 2 aromatic carbocycles. The fourth-order valence-corrected chi connectivity index (χ4v) is 3.51. The van der Waals surface area contributed by atoms with Gasteiger partial charge >= 0.3 is 0 Å². The van der Waals surface area contributed by atoms with Crippen LogP contribution in [0.4, 0.5) is 17.2 Å². The zero-order chi connectivity index (χ0) is 22.5. The van der Waals surface area contributed by atoms with Crippen LogP contribution < -0.4 is 15.4 Å². The molecule has 0 atom stereocenters. The predicted molar refractivity (Wildman–Crippen MR) is 125 cm³/mol. The lowest BCUT2D eigenvalue weighted by Gasteiger charge is -2.25. The Kier molecular flexibility index (Phi) is 6.34. The number of nitrogens with one attached hydrogen (secondary N) is 2. The maximum atomic E-state index is 12.1. The molecular weight excluding hydrogens is 404 g/mol. The summed E-state index contributed by atoms with van der Waals surface area (Å²) in [6.45, 7) is 6.83. The van der Waals surface area contributed by atoms with E-state index in [0.29, 0.717) is 36.0 Å². The quantitative estimate of drug-likeness (QED) is 0.449. The third-order valence-electron chi connectivity index (χ3n) is 5.30. The van der Waals surface area contributed by atoms with Gasteiger partial charge in [-0.1, -0.05) is 18.6 Å². The Morgan fingerprint density at radius 1 is 1.25 bits per heavy atom. The van der Waals surface area contributed by atoms with Crippen LogP contribution in [0.2, 0.25) is 0 Å². The third kappa shape index (κ3) is 4.71. The molecule has 0 unspecified atom stereocenters. The summed E-state index contributed by atoms with van der Waals surface area (Å²) in [5.41, 5.74) is 3.85. The Balaban J connectivity index is 1.75. The van der Waals surface area contributed by atoms with Crippen molar-refractivity contribution in [3.8, 4) is 18.1 Å². The Labute approximate surface area is 186 Å². The zero-order valence-corrected chi connectivity index (χ0v) is 17.9. The van der Waals surface area contributed by atoms with E-state index in [1.54, 1.807) is 0 Å². The average Bonchev–Trinajstić information content (AvgIpc) is 2.81. The van der Waals surface area contributed by atoms with E-state index in [1.165, 1.54) is 12.4 Å². The van der Waals surface area contributed by atoms with Crippen LogP contribution in [0.15, 0.2) is 49.3 Å². The first-order valence-electron chi connectivity index (χ1n) is 10.4. The molecule has 162 valence electrons. The molecule has 0 saturated carbocycles. The van der Waals surface area contributed by atoms with Crippen molar-refractivity contribution in [1.82, 2.24) is 9.97 Å². The highest BCUT2D eigenvalue weighted by Gasteiger charge is 2.19. The van der Waals surface area contributed by atoms with Gasteiger partial charge in [-0.05, 0) is 36.8 Å². The van der Waals surface area contributed by atoms with E-state index in [9.17, 15) is 4.79 Å². The molecule has 7 nitrogen and oxygen atoms in total. The van der Waals surface area contributed by atoms with Crippen LogP contribution in [0.25, 0.3) is 10.9 Å². The Hall–Kier alpha value is -3.89. The molecule has 2 heterocycles. The number of terminal acetylenes is 1. The largest absolute Gasteiger partial charge is 0.488 e. The van der Waals surface area contributed by atoms with Gasteiger partial charge in [-0.15, -0.1) is 6.42 Å². The van der Waals surface area contributed by atoms with Crippen molar-refractivity contribution in [2.45, 2.75) is 25.9 Å². The normalized spacial score (nSPS) is 13.9. The molecule has 3 aromatic rings. The van der Waals surface area contributed by atoms with Gasteiger partial charge in [-0.25, -0.2) is 9.97 Å². The molecule has 0 radical (unpaired) electrons. The molecular formula is C25H24N4O3. The summed E-state index contributed by atoms with van der Waals surface area (Å²) in [7, 11) is 0. The molecule has 1 aliphatic rings. The van der Waals surface area contributed by atoms with Gasteiger partial charge in [0.15, 0.2) is 0 Å². The van der Waals surface area contributed by atoms with Crippen LogP contribution in [0.5, 0.6) is 5.75 Å². The smallest absolute Gasteiger partial charge is 0.247 e. The van der Waals surface area contributed by atoms with E-state index in [1.807, 2.05) is 37.3 Å². The van der Waals surface area contributed by atoms with Gasteiger partial charge < -0.3 is 20.1 Å². The van der Waals surface area contributed by atoms with Crippen LogP contribution >= 0.6 is 0 Å². The molecule has 2 N–H and O–H groups in total. The van der Waals surface area contributed by atoms with E-state index >= 15 is 0 Å². The second-order valence-electron chi connectivity index (χ2n) is 7.51. The van der Waals surface area contributed by atoms with Crippen molar-refractivity contribution in [3.63, 3.8) is 0 Å². The number of fused-ring (bicyclic) bond motifs is 1. The number of nitrogens with zero attached hydrogens (tertiary/aromatic N) is 2. The van der Waals surface area contributed by atoms with Crippen molar-refractivity contribution >= 4 is 34.0 Å². The van der Waals surface area contributed by atoms with Gasteiger partial charge in [0.1, 0.15) is 24.0 Å². The number of anilines is 3. The Bertz CT molecular complexity index is 1210. The first kappa shape index (κ1) is 21.3. The molecule has 0 aliphatic carbocycles. The minimum Gasteiger partial charge on any atom is -0.488 e. The minimum absolute atomic E-state index is 0.00849. The highest BCUT2D eigenvalue weighted by molar-refractivity contribution is 6.03. The second-order valence-corrected chi connectivity index (χ2v) is 7.51. The first-order chi connectivity index (χ1) is 15.6. The first-order valence-corrected chi connectivity index (χ1v) is 10.4. The molecule has 32 heavy (non-hydrogen) atoms. The summed E-state index contributed by atoms with van der Waals surface area (Å²) < 4.78 is 11.6. The summed E-state index contributed by atoms with van der Waals surface area (Å²) in [6, 6.07) is 9.37. The fraction of sp³-hybridized carbons (Fsp3) is 0.240. The van der Waals surface area contributed by atoms with Crippen LogP contribution in [-0.2, 0) is 9.53 Å². The molecule has 1 saturated heterocycles. The number of aromatic nitrogens is 2. The highest BCUT2D eigenvalue weighted by atomic mass is 16.5. The topological polar surface area (TPSA) is 85.4 Å². The van der Waals surface area contributed by atoms with Crippen LogP contribution in [0, 0.1) is 19.3 Å². The number of benzene rings is 2. The van der Waals surface area contributed by atoms with E-state index in [0.717, 1.165) is 35.0 Å². The van der Waals surface area contributed by atoms with Gasteiger partial charge in [-0.2, -0.15) is 0 Å². The fourth-order valence-electron chi connectivity index (χ4n) is 3.51. The number of hydrogen-bond donors (Lipinski definition) is 2. The molecule has 7 heteroatoms. The highest BCUT2D eigenvalue weighted by Crippen LogP contribution is 2.35. The summed E-state index contributed by atoms with van der Waals surface area (Å²) in [4.78, 5) is 20.9. The lowest BCUT2D eigenvalue weighted by Crippen LogP contribution is -2.26. The van der Waals surface area contributed by atoms with Crippen LogP contribution in [0.1, 0.15) is 24.0 Å². The van der Waals surface area contributed by atoms with Crippen molar-refractivity contribution < 1.29 is 14.3 Å². The summed E-state index contributed by atoms with van der Waals surface area (Å²) >= 11 is 0. The van der Waals surface area contributed by atoms with Gasteiger partial charge in [0.25, 0.3) is 0 Å². The van der Waals surface area contributed by atoms with E-state index in [4.69, 9.17) is 15.9 Å². The van der Waals surface area contributed by atoms with Gasteiger partial charge in [0.05, 0.1) is 24.4 Å². The lowest BCUT2D eigenvalue weighted by atomic mass is 10.1.